The van der Waals surface area contributed by atoms with Crippen LogP contribution in [0.1, 0.15) is 28.8 Å². The molecule has 1 aliphatic carbocycles. The fourth-order valence-electron chi connectivity index (χ4n) is 3.58. The maximum Gasteiger partial charge on any atom is 0.348 e. The molecule has 0 unspecified atom stereocenters. The quantitative estimate of drug-likeness (QED) is 0.438. The third-order valence-electron chi connectivity index (χ3n) is 4.99. The molecule has 0 atom stereocenters. The van der Waals surface area contributed by atoms with Crippen LogP contribution >= 0.6 is 23.4 Å². The highest BCUT2D eigenvalue weighted by atomic mass is 35.5. The fourth-order valence-corrected chi connectivity index (χ4v) is 4.95. The summed E-state index contributed by atoms with van der Waals surface area (Å²) in [5, 5.41) is 1.64. The summed E-state index contributed by atoms with van der Waals surface area (Å²) >= 11 is 7.89. The fraction of sp³-hybridized carbons (Fsp3) is 0.273. The van der Waals surface area contributed by atoms with Crippen molar-refractivity contribution in [3.63, 3.8) is 0 Å². The molecular formula is C22H21ClN2OS. The lowest BCUT2D eigenvalue weighted by Gasteiger charge is -2.14. The predicted octanol–water partition coefficient (Wildman–Crippen LogP) is 4.92. The van der Waals surface area contributed by atoms with Gasteiger partial charge in [-0.05, 0) is 42.9 Å². The number of rotatable bonds is 6. The first-order chi connectivity index (χ1) is 13.2. The van der Waals surface area contributed by atoms with Gasteiger partial charge in [-0.2, -0.15) is 4.98 Å². The van der Waals surface area contributed by atoms with E-state index >= 15 is 0 Å². The average molecular weight is 397 g/mol. The van der Waals surface area contributed by atoms with E-state index in [9.17, 15) is 4.79 Å². The Labute approximate surface area is 168 Å². The lowest BCUT2D eigenvalue weighted by molar-refractivity contribution is 0.607. The molecule has 0 N–H and O–H groups in total. The monoisotopic (exact) mass is 396 g/mol. The van der Waals surface area contributed by atoms with Crippen LogP contribution in [0.15, 0.2) is 64.4 Å². The molecule has 0 radical (unpaired) electrons. The number of hydrogen-bond donors (Lipinski definition) is 0. The first-order valence-electron chi connectivity index (χ1n) is 9.25. The van der Waals surface area contributed by atoms with Crippen molar-refractivity contribution in [1.82, 2.24) is 9.55 Å². The van der Waals surface area contributed by atoms with Crippen LogP contribution in [0.5, 0.6) is 0 Å². The summed E-state index contributed by atoms with van der Waals surface area (Å²) in [5.41, 5.74) is 4.61. The van der Waals surface area contributed by atoms with Gasteiger partial charge in [0.15, 0.2) is 0 Å². The zero-order chi connectivity index (χ0) is 18.6. The number of thioether (sulfide) groups is 1. The van der Waals surface area contributed by atoms with E-state index in [2.05, 4.69) is 17.1 Å². The van der Waals surface area contributed by atoms with Gasteiger partial charge in [-0.15, -0.1) is 11.8 Å². The first kappa shape index (κ1) is 18.3. The summed E-state index contributed by atoms with van der Waals surface area (Å²) in [6.45, 7) is 0.688. The molecule has 1 aliphatic rings. The van der Waals surface area contributed by atoms with Crippen LogP contribution < -0.4 is 5.69 Å². The van der Waals surface area contributed by atoms with E-state index in [1.165, 1.54) is 16.8 Å². The second-order valence-corrected chi connectivity index (χ2v) is 8.12. The maximum atomic E-state index is 12.7. The summed E-state index contributed by atoms with van der Waals surface area (Å²) < 4.78 is 1.88. The van der Waals surface area contributed by atoms with Gasteiger partial charge in [0, 0.05) is 28.6 Å². The summed E-state index contributed by atoms with van der Waals surface area (Å²) in [7, 11) is 0. The van der Waals surface area contributed by atoms with Crippen molar-refractivity contribution >= 4 is 23.4 Å². The largest absolute Gasteiger partial charge is 0.348 e. The normalized spacial score (nSPS) is 12.9. The molecule has 0 saturated heterocycles. The molecule has 1 aromatic heterocycles. The van der Waals surface area contributed by atoms with Gasteiger partial charge in [-0.3, -0.25) is 4.57 Å². The zero-order valence-electron chi connectivity index (χ0n) is 15.0. The molecule has 1 heterocycles. The highest BCUT2D eigenvalue weighted by Gasteiger charge is 2.22. The Bertz CT molecular complexity index is 1000. The Kier molecular flexibility index (Phi) is 5.65. The van der Waals surface area contributed by atoms with Crippen LogP contribution in [-0.4, -0.2) is 9.55 Å². The predicted molar refractivity (Wildman–Crippen MR) is 112 cm³/mol. The van der Waals surface area contributed by atoms with Gasteiger partial charge in [-0.1, -0.05) is 60.1 Å². The van der Waals surface area contributed by atoms with Crippen LogP contribution in [0, 0.1) is 0 Å². The minimum atomic E-state index is -0.131. The Hall–Kier alpha value is -2.04. The van der Waals surface area contributed by atoms with E-state index in [0.29, 0.717) is 6.54 Å². The third kappa shape index (κ3) is 4.12. The van der Waals surface area contributed by atoms with Crippen LogP contribution in [0.2, 0.25) is 5.02 Å². The van der Waals surface area contributed by atoms with Crippen molar-refractivity contribution in [3.8, 4) is 0 Å². The van der Waals surface area contributed by atoms with Gasteiger partial charge < -0.3 is 0 Å². The number of aryl methyl sites for hydroxylation is 1. The third-order valence-corrected chi connectivity index (χ3v) is 6.43. The van der Waals surface area contributed by atoms with Crippen LogP contribution in [0.25, 0.3) is 0 Å². The van der Waals surface area contributed by atoms with Crippen molar-refractivity contribution in [1.29, 1.82) is 0 Å². The van der Waals surface area contributed by atoms with Gasteiger partial charge in [0.25, 0.3) is 0 Å². The minimum Gasteiger partial charge on any atom is -0.296 e. The van der Waals surface area contributed by atoms with Gasteiger partial charge in [0.1, 0.15) is 5.03 Å². The number of nitrogens with zero attached hydrogens (tertiary/aromatic N) is 2. The molecule has 138 valence electrons. The van der Waals surface area contributed by atoms with Gasteiger partial charge >= 0.3 is 5.69 Å². The van der Waals surface area contributed by atoms with E-state index in [-0.39, 0.29) is 5.69 Å². The lowest BCUT2D eigenvalue weighted by Crippen LogP contribution is -2.28. The maximum absolute atomic E-state index is 12.7. The number of hydrogen-bond acceptors (Lipinski definition) is 3. The van der Waals surface area contributed by atoms with Crippen molar-refractivity contribution < 1.29 is 0 Å². The van der Waals surface area contributed by atoms with Crippen LogP contribution in [0.4, 0.5) is 0 Å². The van der Waals surface area contributed by atoms with Crippen LogP contribution in [-0.2, 0) is 31.6 Å². The molecule has 2 aromatic carbocycles. The standard InChI is InChI=1S/C22H21ClN2OS/c23-19-11-5-4-9-17(19)15-27-21-18-10-6-12-20(18)25(22(26)24-21)14-13-16-7-2-1-3-8-16/h1-5,7-9,11H,6,10,12-15H2. The van der Waals surface area contributed by atoms with E-state index in [1.54, 1.807) is 11.8 Å². The molecule has 0 amide bonds. The number of aromatic nitrogens is 2. The Morgan fingerprint density at radius 3 is 2.63 bits per heavy atom. The average Bonchev–Trinajstić information content (AvgIpc) is 3.17. The number of benzene rings is 2. The van der Waals surface area contributed by atoms with Gasteiger partial charge in [-0.25, -0.2) is 4.79 Å². The molecule has 0 spiro atoms. The molecule has 3 nitrogen and oxygen atoms in total. The molecule has 0 aliphatic heterocycles. The Morgan fingerprint density at radius 2 is 1.81 bits per heavy atom. The Morgan fingerprint density at radius 1 is 1.04 bits per heavy atom. The van der Waals surface area contributed by atoms with Crippen molar-refractivity contribution in [2.75, 3.05) is 0 Å². The summed E-state index contributed by atoms with van der Waals surface area (Å²) in [4.78, 5) is 17.1. The molecule has 0 saturated carbocycles. The van der Waals surface area contributed by atoms with Crippen molar-refractivity contribution in [3.05, 3.63) is 92.5 Å². The molecule has 0 fully saturated rings. The first-order valence-corrected chi connectivity index (χ1v) is 10.6. The van der Waals surface area contributed by atoms with E-state index in [4.69, 9.17) is 11.6 Å². The van der Waals surface area contributed by atoms with E-state index in [0.717, 1.165) is 47.0 Å². The molecule has 0 bridgehead atoms. The molecule has 3 aromatic rings. The van der Waals surface area contributed by atoms with E-state index in [1.807, 2.05) is 47.0 Å². The molecule has 27 heavy (non-hydrogen) atoms. The van der Waals surface area contributed by atoms with Crippen molar-refractivity contribution in [2.24, 2.45) is 0 Å². The molecule has 4 rings (SSSR count). The Balaban J connectivity index is 1.56. The summed E-state index contributed by atoms with van der Waals surface area (Å²) in [5.74, 6) is 0.729. The molecular weight excluding hydrogens is 376 g/mol. The van der Waals surface area contributed by atoms with Gasteiger partial charge in [0.05, 0.1) is 0 Å². The SMILES string of the molecule is O=c1nc(SCc2ccccc2Cl)c2c(n1CCc1ccccc1)CCC2. The molecule has 5 heteroatoms. The number of halogens is 1. The lowest BCUT2D eigenvalue weighted by atomic mass is 10.1. The minimum absolute atomic E-state index is 0.131. The second-order valence-electron chi connectivity index (χ2n) is 6.75. The highest BCUT2D eigenvalue weighted by Crippen LogP contribution is 2.32. The summed E-state index contributed by atoms with van der Waals surface area (Å²) in [6.07, 6.45) is 3.90. The summed E-state index contributed by atoms with van der Waals surface area (Å²) in [6, 6.07) is 18.1. The smallest absolute Gasteiger partial charge is 0.296 e. The topological polar surface area (TPSA) is 34.9 Å². The van der Waals surface area contributed by atoms with Crippen LogP contribution in [0.3, 0.4) is 0 Å². The van der Waals surface area contributed by atoms with E-state index < -0.39 is 0 Å². The second kappa shape index (κ2) is 8.32. The number of fused-ring (bicyclic) bond motifs is 1. The zero-order valence-corrected chi connectivity index (χ0v) is 16.6. The highest BCUT2D eigenvalue weighted by molar-refractivity contribution is 7.98. The van der Waals surface area contributed by atoms with Crippen molar-refractivity contribution in [2.45, 2.75) is 43.0 Å². The van der Waals surface area contributed by atoms with Gasteiger partial charge in [0.2, 0.25) is 0 Å².